The average Bonchev–Trinajstić information content (AvgIpc) is 3.29. The molecule has 0 saturated heterocycles. The molecule has 0 unspecified atom stereocenters. The van der Waals surface area contributed by atoms with Gasteiger partial charge in [0.25, 0.3) is 11.5 Å². The molecular formula is C24H21FN4O4. The third-order valence-corrected chi connectivity index (χ3v) is 5.00. The van der Waals surface area contributed by atoms with E-state index >= 15 is 0 Å². The molecule has 9 heteroatoms. The zero-order valence-corrected chi connectivity index (χ0v) is 18.0. The monoisotopic (exact) mass is 448 g/mol. The van der Waals surface area contributed by atoms with Crippen LogP contribution in [0.3, 0.4) is 0 Å². The minimum absolute atomic E-state index is 0.0787. The first-order valence-corrected chi connectivity index (χ1v) is 10.2. The Hall–Kier alpha value is -4.27. The summed E-state index contributed by atoms with van der Waals surface area (Å²) >= 11 is 0. The number of hydrogen-bond acceptors (Lipinski definition) is 6. The summed E-state index contributed by atoms with van der Waals surface area (Å²) in [4.78, 5) is 31.7. The normalized spacial score (nSPS) is 11.7. The van der Waals surface area contributed by atoms with E-state index in [9.17, 15) is 14.0 Å². The van der Waals surface area contributed by atoms with E-state index in [4.69, 9.17) is 9.26 Å². The topological polar surface area (TPSA) is 110 Å². The lowest BCUT2D eigenvalue weighted by molar-refractivity contribution is 0.0927. The number of methoxy groups -OCH3 is 1. The van der Waals surface area contributed by atoms with Gasteiger partial charge in [0.15, 0.2) is 11.5 Å². The zero-order chi connectivity index (χ0) is 23.4. The number of halogens is 1. The molecule has 0 radical (unpaired) electrons. The van der Waals surface area contributed by atoms with Crippen LogP contribution in [0.5, 0.6) is 5.75 Å². The zero-order valence-electron chi connectivity index (χ0n) is 18.0. The maximum atomic E-state index is 13.5. The van der Waals surface area contributed by atoms with Crippen molar-refractivity contribution in [3.05, 3.63) is 99.6 Å². The van der Waals surface area contributed by atoms with E-state index < -0.39 is 17.8 Å². The highest BCUT2D eigenvalue weighted by Gasteiger charge is 2.21. The van der Waals surface area contributed by atoms with Crippen molar-refractivity contribution in [1.82, 2.24) is 20.4 Å². The molecule has 2 heterocycles. The van der Waals surface area contributed by atoms with Gasteiger partial charge in [0.2, 0.25) is 0 Å². The van der Waals surface area contributed by atoms with Gasteiger partial charge in [-0.2, -0.15) is 0 Å². The van der Waals surface area contributed by atoms with Gasteiger partial charge in [-0.05, 0) is 36.8 Å². The maximum Gasteiger partial charge on any atom is 0.273 e. The molecule has 0 aliphatic heterocycles. The van der Waals surface area contributed by atoms with E-state index in [2.05, 4.69) is 20.4 Å². The minimum Gasteiger partial charge on any atom is -0.497 e. The van der Waals surface area contributed by atoms with Crippen molar-refractivity contribution in [1.29, 1.82) is 0 Å². The number of benzene rings is 2. The summed E-state index contributed by atoms with van der Waals surface area (Å²) in [7, 11) is 1.56. The second kappa shape index (κ2) is 9.47. The number of hydrogen-bond donors (Lipinski definition) is 2. The van der Waals surface area contributed by atoms with E-state index in [-0.39, 0.29) is 17.7 Å². The molecule has 2 N–H and O–H groups in total. The Morgan fingerprint density at radius 2 is 1.97 bits per heavy atom. The van der Waals surface area contributed by atoms with Crippen LogP contribution in [0.1, 0.15) is 33.6 Å². The minimum atomic E-state index is -0.580. The quantitative estimate of drug-likeness (QED) is 0.447. The van der Waals surface area contributed by atoms with Gasteiger partial charge in [-0.25, -0.2) is 9.37 Å². The van der Waals surface area contributed by atoms with E-state index in [1.165, 1.54) is 24.3 Å². The number of ether oxygens (including phenoxy) is 1. The number of nitrogens with one attached hydrogen (secondary N) is 2. The van der Waals surface area contributed by atoms with E-state index in [1.807, 2.05) is 6.07 Å². The smallest absolute Gasteiger partial charge is 0.273 e. The van der Waals surface area contributed by atoms with Gasteiger partial charge in [0.1, 0.15) is 17.4 Å². The largest absolute Gasteiger partial charge is 0.497 e. The molecule has 8 nitrogen and oxygen atoms in total. The number of rotatable bonds is 7. The Bertz CT molecular complexity index is 1330. The lowest BCUT2D eigenvalue weighted by Gasteiger charge is -2.18. The average molecular weight is 448 g/mol. The molecule has 0 bridgehead atoms. The number of amides is 1. The highest BCUT2D eigenvalue weighted by molar-refractivity contribution is 5.93. The van der Waals surface area contributed by atoms with Gasteiger partial charge in [0, 0.05) is 24.1 Å². The summed E-state index contributed by atoms with van der Waals surface area (Å²) in [5.74, 6) is 0.634. The standard InChI is InChI=1S/C24H21FN4O4/c1-14-26-18(12-23(30)27-14)11-20(15-6-8-17(25)9-7-15)28-24(31)21-13-22(33-29-21)16-4-3-5-19(10-16)32-2/h3-10,12-13,20H,11H2,1-2H3,(H,28,31)(H,26,27,30)/t20-/m0/s1. The third-order valence-electron chi connectivity index (χ3n) is 5.00. The molecular weight excluding hydrogens is 427 g/mol. The summed E-state index contributed by atoms with van der Waals surface area (Å²) in [6, 6.07) is 15.3. The molecule has 0 aliphatic rings. The van der Waals surface area contributed by atoms with Crippen molar-refractivity contribution in [2.45, 2.75) is 19.4 Å². The van der Waals surface area contributed by atoms with Crippen LogP contribution in [0.25, 0.3) is 11.3 Å². The summed E-state index contributed by atoms with van der Waals surface area (Å²) < 4.78 is 24.0. The summed E-state index contributed by atoms with van der Waals surface area (Å²) in [6.45, 7) is 1.67. The first kappa shape index (κ1) is 21.9. The molecule has 0 fully saturated rings. The van der Waals surface area contributed by atoms with Crippen molar-refractivity contribution in [3.63, 3.8) is 0 Å². The van der Waals surface area contributed by atoms with Crippen molar-refractivity contribution in [2.24, 2.45) is 0 Å². The number of H-pyrrole nitrogens is 1. The lowest BCUT2D eigenvalue weighted by atomic mass is 10.0. The number of aromatic amines is 1. The van der Waals surface area contributed by atoms with Crippen LogP contribution in [0.4, 0.5) is 4.39 Å². The SMILES string of the molecule is COc1cccc(-c2cc(C(=O)N[C@@H](Cc3cc(=O)[nH]c(C)n3)c3ccc(F)cc3)no2)c1. The van der Waals surface area contributed by atoms with E-state index in [0.717, 1.165) is 0 Å². The van der Waals surface area contributed by atoms with Gasteiger partial charge < -0.3 is 19.6 Å². The van der Waals surface area contributed by atoms with Crippen molar-refractivity contribution < 1.29 is 18.4 Å². The summed E-state index contributed by atoms with van der Waals surface area (Å²) in [5.41, 5.74) is 1.64. The predicted octanol–water partition coefficient (Wildman–Crippen LogP) is 3.59. The second-order valence-corrected chi connectivity index (χ2v) is 7.41. The van der Waals surface area contributed by atoms with Gasteiger partial charge in [-0.3, -0.25) is 9.59 Å². The Balaban J connectivity index is 1.59. The van der Waals surface area contributed by atoms with Crippen molar-refractivity contribution in [2.75, 3.05) is 7.11 Å². The first-order chi connectivity index (χ1) is 15.9. The Morgan fingerprint density at radius 1 is 1.18 bits per heavy atom. The Kier molecular flexibility index (Phi) is 6.30. The van der Waals surface area contributed by atoms with Gasteiger partial charge in [-0.15, -0.1) is 0 Å². The Morgan fingerprint density at radius 3 is 2.70 bits per heavy atom. The first-order valence-electron chi connectivity index (χ1n) is 10.2. The third kappa shape index (κ3) is 5.32. The number of aryl methyl sites for hydroxylation is 1. The van der Waals surface area contributed by atoms with Crippen LogP contribution in [0.2, 0.25) is 0 Å². The lowest BCUT2D eigenvalue weighted by Crippen LogP contribution is -2.31. The maximum absolute atomic E-state index is 13.5. The van der Waals surface area contributed by atoms with Crippen molar-refractivity contribution >= 4 is 5.91 Å². The van der Waals surface area contributed by atoms with Crippen LogP contribution in [0.15, 0.2) is 70.0 Å². The van der Waals surface area contributed by atoms with Crippen LogP contribution < -0.4 is 15.6 Å². The molecule has 0 aliphatic carbocycles. The molecule has 0 spiro atoms. The highest BCUT2D eigenvalue weighted by Crippen LogP contribution is 2.25. The molecule has 2 aromatic heterocycles. The molecule has 1 atom stereocenters. The number of nitrogens with zero attached hydrogens (tertiary/aromatic N) is 2. The van der Waals surface area contributed by atoms with Gasteiger partial charge >= 0.3 is 0 Å². The molecule has 33 heavy (non-hydrogen) atoms. The fraction of sp³-hybridized carbons (Fsp3) is 0.167. The molecule has 4 aromatic rings. The number of carbonyl (C=O) groups is 1. The predicted molar refractivity (Wildman–Crippen MR) is 118 cm³/mol. The number of carbonyl (C=O) groups excluding carboxylic acids is 1. The molecule has 168 valence electrons. The molecule has 1 amide bonds. The molecule has 2 aromatic carbocycles. The summed E-state index contributed by atoms with van der Waals surface area (Å²) in [6.07, 6.45) is 0.225. The van der Waals surface area contributed by atoms with Gasteiger partial charge in [0.05, 0.1) is 18.8 Å². The molecule has 0 saturated carbocycles. The van der Waals surface area contributed by atoms with E-state index in [1.54, 1.807) is 44.4 Å². The van der Waals surface area contributed by atoms with E-state index in [0.29, 0.717) is 34.2 Å². The van der Waals surface area contributed by atoms with Crippen LogP contribution >= 0.6 is 0 Å². The van der Waals surface area contributed by atoms with Crippen molar-refractivity contribution in [3.8, 4) is 17.1 Å². The number of aromatic nitrogens is 3. The fourth-order valence-corrected chi connectivity index (χ4v) is 3.43. The molecule has 4 rings (SSSR count). The summed E-state index contributed by atoms with van der Waals surface area (Å²) in [5, 5.41) is 6.77. The van der Waals surface area contributed by atoms with Crippen LogP contribution in [0, 0.1) is 12.7 Å². The van der Waals surface area contributed by atoms with Crippen LogP contribution in [-0.4, -0.2) is 28.1 Å². The van der Waals surface area contributed by atoms with Gasteiger partial charge in [-0.1, -0.05) is 29.4 Å². The highest BCUT2D eigenvalue weighted by atomic mass is 19.1. The Labute approximate surface area is 188 Å². The second-order valence-electron chi connectivity index (χ2n) is 7.41. The van der Waals surface area contributed by atoms with Crippen LogP contribution in [-0.2, 0) is 6.42 Å². The fourth-order valence-electron chi connectivity index (χ4n) is 3.43.